The lowest BCUT2D eigenvalue weighted by Gasteiger charge is -2.10. The molecule has 2 rings (SSSR count). The number of alkyl halides is 3. The number of hydrogen-bond acceptors (Lipinski definition) is 3. The van der Waals surface area contributed by atoms with E-state index in [9.17, 15) is 18.0 Å². The Hall–Kier alpha value is -1.61. The molecule has 0 saturated carbocycles. The number of hydrogen-bond donors (Lipinski definition) is 1. The second-order valence-corrected chi connectivity index (χ2v) is 6.14. The minimum Gasteiger partial charge on any atom is -0.468 e. The molecule has 0 radical (unpaired) electrons. The Morgan fingerprint density at radius 3 is 2.57 bits per heavy atom. The summed E-state index contributed by atoms with van der Waals surface area (Å²) in [6.45, 7) is -1.43. The lowest BCUT2D eigenvalue weighted by molar-refractivity contribution is -0.154. The maximum absolute atomic E-state index is 12.1. The van der Waals surface area contributed by atoms with Crippen molar-refractivity contribution in [3.63, 3.8) is 0 Å². The van der Waals surface area contributed by atoms with Crippen LogP contribution in [0.1, 0.15) is 10.4 Å². The van der Waals surface area contributed by atoms with Crippen LogP contribution < -0.4 is 10.1 Å². The number of carbonyl (C=O) groups excluding carboxylic acids is 1. The van der Waals surface area contributed by atoms with Gasteiger partial charge in [-0.15, -0.1) is 0 Å². The number of nitrogens with one attached hydrogen (secondary N) is 1. The molecule has 0 aliphatic rings. The second-order valence-electron chi connectivity index (χ2n) is 4.37. The van der Waals surface area contributed by atoms with Gasteiger partial charge in [0.25, 0.3) is 5.91 Å². The van der Waals surface area contributed by atoms with Gasteiger partial charge in [-0.05, 0) is 40.2 Å². The molecule has 1 aromatic carbocycles. The number of rotatable bonds is 4. The lowest BCUT2D eigenvalue weighted by Crippen LogP contribution is -2.19. The largest absolute Gasteiger partial charge is 0.468 e. The van der Waals surface area contributed by atoms with E-state index in [0.717, 1.165) is 10.7 Å². The minimum atomic E-state index is -4.44. The van der Waals surface area contributed by atoms with Crippen molar-refractivity contribution in [3.05, 3.63) is 51.0 Å². The fourth-order valence-electron chi connectivity index (χ4n) is 1.54. The SMILES string of the molecule is O=C(Nc1cc(Br)ccc1Br)c1ccc(OCC(F)(F)F)nc1. The third-order valence-corrected chi connectivity index (χ3v) is 3.74. The number of pyridine rings is 1. The van der Waals surface area contributed by atoms with Crippen molar-refractivity contribution in [1.29, 1.82) is 0 Å². The number of nitrogens with zero attached hydrogens (tertiary/aromatic N) is 1. The maximum atomic E-state index is 12.1. The normalized spacial score (nSPS) is 11.2. The number of halogens is 5. The van der Waals surface area contributed by atoms with Gasteiger partial charge in [0, 0.05) is 21.2 Å². The third-order valence-electron chi connectivity index (χ3n) is 2.56. The Labute approximate surface area is 146 Å². The fourth-order valence-corrected chi connectivity index (χ4v) is 2.25. The van der Waals surface area contributed by atoms with Crippen molar-refractivity contribution in [2.45, 2.75) is 6.18 Å². The molecule has 1 amide bonds. The summed E-state index contributed by atoms with van der Waals surface area (Å²) in [6, 6.07) is 7.80. The Morgan fingerprint density at radius 2 is 1.96 bits per heavy atom. The van der Waals surface area contributed by atoms with Crippen LogP contribution in [0.2, 0.25) is 0 Å². The third kappa shape index (κ3) is 5.51. The van der Waals surface area contributed by atoms with Crippen molar-refractivity contribution in [2.24, 2.45) is 0 Å². The van der Waals surface area contributed by atoms with E-state index >= 15 is 0 Å². The van der Waals surface area contributed by atoms with E-state index < -0.39 is 18.7 Å². The van der Waals surface area contributed by atoms with Gasteiger partial charge in [0.1, 0.15) is 0 Å². The van der Waals surface area contributed by atoms with Crippen LogP contribution >= 0.6 is 31.9 Å². The molecule has 0 atom stereocenters. The standard InChI is InChI=1S/C14H9Br2F3N2O2/c15-9-2-3-10(16)11(5-9)21-13(22)8-1-4-12(20-6-8)23-7-14(17,18)19/h1-6H,7H2,(H,21,22). The number of amides is 1. The van der Waals surface area contributed by atoms with Crippen LogP contribution in [0.3, 0.4) is 0 Å². The van der Waals surface area contributed by atoms with Crippen molar-refractivity contribution < 1.29 is 22.7 Å². The topological polar surface area (TPSA) is 51.2 Å². The summed E-state index contributed by atoms with van der Waals surface area (Å²) < 4.78 is 42.1. The van der Waals surface area contributed by atoms with Gasteiger partial charge in [0.2, 0.25) is 5.88 Å². The summed E-state index contributed by atoms with van der Waals surface area (Å²) in [6.07, 6.45) is -3.29. The van der Waals surface area contributed by atoms with Crippen molar-refractivity contribution in [3.8, 4) is 5.88 Å². The first-order valence-electron chi connectivity index (χ1n) is 6.16. The maximum Gasteiger partial charge on any atom is 0.422 e. The highest BCUT2D eigenvalue weighted by Crippen LogP contribution is 2.26. The molecule has 0 unspecified atom stereocenters. The monoisotopic (exact) mass is 452 g/mol. The zero-order valence-corrected chi connectivity index (χ0v) is 14.5. The molecule has 0 saturated heterocycles. The zero-order chi connectivity index (χ0) is 17.0. The van der Waals surface area contributed by atoms with Gasteiger partial charge in [-0.2, -0.15) is 13.2 Å². The van der Waals surface area contributed by atoms with Crippen molar-refractivity contribution in [1.82, 2.24) is 4.98 Å². The van der Waals surface area contributed by atoms with Gasteiger partial charge >= 0.3 is 6.18 Å². The molecule has 0 spiro atoms. The molecular formula is C14H9Br2F3N2O2. The first-order chi connectivity index (χ1) is 10.7. The predicted octanol–water partition coefficient (Wildman–Crippen LogP) is 4.80. The molecule has 0 bridgehead atoms. The Kier molecular flexibility index (Phi) is 5.64. The number of carbonyl (C=O) groups is 1. The Balaban J connectivity index is 2.04. The van der Waals surface area contributed by atoms with Gasteiger partial charge in [-0.1, -0.05) is 15.9 Å². The molecule has 0 aliphatic carbocycles. The highest BCUT2D eigenvalue weighted by Gasteiger charge is 2.28. The first kappa shape index (κ1) is 17.7. The lowest BCUT2D eigenvalue weighted by atomic mass is 10.2. The summed E-state index contributed by atoms with van der Waals surface area (Å²) in [4.78, 5) is 15.8. The first-order valence-corrected chi connectivity index (χ1v) is 7.75. The average Bonchev–Trinajstić information content (AvgIpc) is 2.48. The number of benzene rings is 1. The summed E-state index contributed by atoms with van der Waals surface area (Å²) in [5, 5.41) is 2.67. The van der Waals surface area contributed by atoms with Crippen LogP contribution in [-0.2, 0) is 0 Å². The van der Waals surface area contributed by atoms with Gasteiger partial charge in [-0.3, -0.25) is 4.79 Å². The smallest absolute Gasteiger partial charge is 0.422 e. The van der Waals surface area contributed by atoms with E-state index in [2.05, 4.69) is 46.9 Å². The van der Waals surface area contributed by atoms with E-state index in [0.29, 0.717) is 10.2 Å². The van der Waals surface area contributed by atoms with E-state index in [4.69, 9.17) is 0 Å². The molecular weight excluding hydrogens is 445 g/mol. The number of ether oxygens (including phenoxy) is 1. The number of aromatic nitrogens is 1. The number of anilines is 1. The summed E-state index contributed by atoms with van der Waals surface area (Å²) in [5.41, 5.74) is 0.734. The van der Waals surface area contributed by atoms with Crippen LogP contribution in [0.15, 0.2) is 45.5 Å². The second kappa shape index (κ2) is 7.31. The molecule has 122 valence electrons. The van der Waals surface area contributed by atoms with Crippen LogP contribution in [0.4, 0.5) is 18.9 Å². The van der Waals surface area contributed by atoms with Crippen LogP contribution in [-0.4, -0.2) is 23.7 Å². The average molecular weight is 454 g/mol. The van der Waals surface area contributed by atoms with Crippen molar-refractivity contribution in [2.75, 3.05) is 11.9 Å². The van der Waals surface area contributed by atoms with Gasteiger partial charge in [0.15, 0.2) is 6.61 Å². The highest BCUT2D eigenvalue weighted by molar-refractivity contribution is 9.11. The van der Waals surface area contributed by atoms with Crippen molar-refractivity contribution >= 4 is 43.5 Å². The van der Waals surface area contributed by atoms with E-state index in [1.54, 1.807) is 18.2 Å². The van der Waals surface area contributed by atoms with Gasteiger partial charge in [-0.25, -0.2) is 4.98 Å². The molecule has 23 heavy (non-hydrogen) atoms. The Bertz CT molecular complexity index is 706. The van der Waals surface area contributed by atoms with Crippen LogP contribution in [0, 0.1) is 0 Å². The molecule has 1 aromatic heterocycles. The highest BCUT2D eigenvalue weighted by atomic mass is 79.9. The Morgan fingerprint density at radius 1 is 1.22 bits per heavy atom. The molecule has 1 heterocycles. The molecule has 9 heteroatoms. The quantitative estimate of drug-likeness (QED) is 0.723. The molecule has 0 fully saturated rings. The fraction of sp³-hybridized carbons (Fsp3) is 0.143. The summed E-state index contributed by atoms with van der Waals surface area (Å²) in [5.74, 6) is -0.652. The van der Waals surface area contributed by atoms with E-state index in [1.165, 1.54) is 12.1 Å². The summed E-state index contributed by atoms with van der Waals surface area (Å²) >= 11 is 6.60. The van der Waals surface area contributed by atoms with Gasteiger partial charge < -0.3 is 10.1 Å². The summed E-state index contributed by atoms with van der Waals surface area (Å²) in [7, 11) is 0. The van der Waals surface area contributed by atoms with Crippen LogP contribution in [0.5, 0.6) is 5.88 Å². The zero-order valence-electron chi connectivity index (χ0n) is 11.3. The molecule has 2 aromatic rings. The van der Waals surface area contributed by atoms with Crippen LogP contribution in [0.25, 0.3) is 0 Å². The predicted molar refractivity (Wildman–Crippen MR) is 85.6 cm³/mol. The molecule has 0 aliphatic heterocycles. The molecule has 4 nitrogen and oxygen atoms in total. The van der Waals surface area contributed by atoms with E-state index in [1.807, 2.05) is 0 Å². The van der Waals surface area contributed by atoms with E-state index in [-0.39, 0.29) is 11.4 Å². The molecule has 1 N–H and O–H groups in total. The minimum absolute atomic E-state index is 0.191. The van der Waals surface area contributed by atoms with Gasteiger partial charge in [0.05, 0.1) is 11.3 Å².